The third kappa shape index (κ3) is 3.91. The van der Waals surface area contributed by atoms with Crippen molar-refractivity contribution in [2.45, 2.75) is 38.5 Å². The molecule has 0 heterocycles. The van der Waals surface area contributed by atoms with E-state index in [4.69, 9.17) is 5.73 Å². The standard InChI is InChI=1S/C13H21FN2O2S/c1-4-10(5-2)8-16-19(17,18)11-6-12(14)9(3)13(15)7-11/h6-7,10,16H,4-5,8,15H2,1-3H3. The van der Waals surface area contributed by atoms with E-state index >= 15 is 0 Å². The second kappa shape index (κ2) is 6.34. The molecule has 0 saturated carbocycles. The van der Waals surface area contributed by atoms with Crippen molar-refractivity contribution in [2.24, 2.45) is 5.92 Å². The summed E-state index contributed by atoms with van der Waals surface area (Å²) in [4.78, 5) is -0.126. The average Bonchev–Trinajstić information content (AvgIpc) is 2.36. The minimum atomic E-state index is -3.71. The van der Waals surface area contributed by atoms with Crippen LogP contribution in [0.4, 0.5) is 10.1 Å². The van der Waals surface area contributed by atoms with Gasteiger partial charge in [-0.3, -0.25) is 0 Å². The molecule has 0 unspecified atom stereocenters. The van der Waals surface area contributed by atoms with Crippen LogP contribution >= 0.6 is 0 Å². The fourth-order valence-corrected chi connectivity index (χ4v) is 2.88. The van der Waals surface area contributed by atoms with Crippen LogP contribution in [-0.2, 0) is 10.0 Å². The lowest BCUT2D eigenvalue weighted by Crippen LogP contribution is -2.29. The number of nitrogen functional groups attached to an aromatic ring is 1. The third-order valence-corrected chi connectivity index (χ3v) is 4.79. The summed E-state index contributed by atoms with van der Waals surface area (Å²) in [7, 11) is -3.71. The van der Waals surface area contributed by atoms with Gasteiger partial charge >= 0.3 is 0 Å². The number of nitrogens with two attached hydrogens (primary N) is 1. The molecule has 1 aromatic carbocycles. The zero-order chi connectivity index (χ0) is 14.6. The molecule has 0 bridgehead atoms. The summed E-state index contributed by atoms with van der Waals surface area (Å²) < 4.78 is 40.1. The maximum absolute atomic E-state index is 13.5. The first kappa shape index (κ1) is 15.9. The predicted octanol–water partition coefficient (Wildman–Crippen LogP) is 2.43. The maximum atomic E-state index is 13.5. The molecule has 0 aliphatic carbocycles. The summed E-state index contributed by atoms with van der Waals surface area (Å²) in [6.07, 6.45) is 1.78. The monoisotopic (exact) mass is 288 g/mol. The van der Waals surface area contributed by atoms with E-state index in [1.807, 2.05) is 13.8 Å². The Bertz CT molecular complexity index is 517. The maximum Gasteiger partial charge on any atom is 0.240 e. The van der Waals surface area contributed by atoms with Crippen LogP contribution in [0, 0.1) is 18.7 Å². The summed E-state index contributed by atoms with van der Waals surface area (Å²) >= 11 is 0. The van der Waals surface area contributed by atoms with Gasteiger partial charge in [-0.2, -0.15) is 0 Å². The fourth-order valence-electron chi connectivity index (χ4n) is 1.72. The summed E-state index contributed by atoms with van der Waals surface area (Å²) in [5.74, 6) is -0.328. The topological polar surface area (TPSA) is 72.2 Å². The Morgan fingerprint density at radius 2 is 1.89 bits per heavy atom. The summed E-state index contributed by atoms with van der Waals surface area (Å²) in [5.41, 5.74) is 6.00. The molecule has 0 fully saturated rings. The highest BCUT2D eigenvalue weighted by Gasteiger charge is 2.18. The minimum Gasteiger partial charge on any atom is -0.398 e. The SMILES string of the molecule is CCC(CC)CNS(=O)(=O)c1cc(N)c(C)c(F)c1. The number of anilines is 1. The van der Waals surface area contributed by atoms with Crippen LogP contribution in [-0.4, -0.2) is 15.0 Å². The second-order valence-electron chi connectivity index (χ2n) is 4.65. The van der Waals surface area contributed by atoms with E-state index in [1.165, 1.54) is 13.0 Å². The van der Waals surface area contributed by atoms with E-state index in [9.17, 15) is 12.8 Å². The van der Waals surface area contributed by atoms with Crippen molar-refractivity contribution in [1.82, 2.24) is 4.72 Å². The Kier molecular flexibility index (Phi) is 5.31. The van der Waals surface area contributed by atoms with Gasteiger partial charge in [0.05, 0.1) is 4.90 Å². The first-order valence-electron chi connectivity index (χ1n) is 6.37. The summed E-state index contributed by atoms with van der Waals surface area (Å²) in [6.45, 7) is 5.88. The van der Waals surface area contributed by atoms with Gasteiger partial charge in [-0.25, -0.2) is 17.5 Å². The van der Waals surface area contributed by atoms with Crippen LogP contribution in [0.2, 0.25) is 0 Å². The van der Waals surface area contributed by atoms with Crippen molar-refractivity contribution in [3.05, 3.63) is 23.5 Å². The van der Waals surface area contributed by atoms with Gasteiger partial charge in [-0.1, -0.05) is 26.7 Å². The first-order valence-corrected chi connectivity index (χ1v) is 7.85. The fraction of sp³-hybridized carbons (Fsp3) is 0.538. The van der Waals surface area contributed by atoms with Crippen LogP contribution in [0.25, 0.3) is 0 Å². The minimum absolute atomic E-state index is 0.126. The van der Waals surface area contributed by atoms with Crippen molar-refractivity contribution < 1.29 is 12.8 Å². The number of halogens is 1. The van der Waals surface area contributed by atoms with Gasteiger partial charge in [-0.05, 0) is 25.0 Å². The number of hydrogen-bond acceptors (Lipinski definition) is 3. The van der Waals surface area contributed by atoms with Crippen LogP contribution in [0.5, 0.6) is 0 Å². The molecule has 19 heavy (non-hydrogen) atoms. The first-order chi connectivity index (χ1) is 8.81. The number of hydrogen-bond donors (Lipinski definition) is 2. The highest BCUT2D eigenvalue weighted by Crippen LogP contribution is 2.21. The van der Waals surface area contributed by atoms with E-state index in [0.717, 1.165) is 18.9 Å². The van der Waals surface area contributed by atoms with Gasteiger partial charge in [0, 0.05) is 17.8 Å². The Labute approximate surface area is 114 Å². The molecule has 0 aromatic heterocycles. The highest BCUT2D eigenvalue weighted by atomic mass is 32.2. The Morgan fingerprint density at radius 1 is 1.32 bits per heavy atom. The Balaban J connectivity index is 2.95. The average molecular weight is 288 g/mol. The smallest absolute Gasteiger partial charge is 0.240 e. The molecule has 0 aliphatic rings. The zero-order valence-electron chi connectivity index (χ0n) is 11.5. The molecule has 0 amide bonds. The van der Waals surface area contributed by atoms with Crippen molar-refractivity contribution in [3.63, 3.8) is 0 Å². The lowest BCUT2D eigenvalue weighted by molar-refractivity contribution is 0.478. The number of benzene rings is 1. The molecule has 4 nitrogen and oxygen atoms in total. The summed E-state index contributed by atoms with van der Waals surface area (Å²) in [6, 6.07) is 2.29. The number of rotatable bonds is 6. The molecule has 0 spiro atoms. The summed E-state index contributed by atoms with van der Waals surface area (Å²) in [5, 5.41) is 0. The van der Waals surface area contributed by atoms with Gasteiger partial charge in [0.15, 0.2) is 0 Å². The molecule has 1 aromatic rings. The molecule has 108 valence electrons. The Morgan fingerprint density at radius 3 is 2.37 bits per heavy atom. The van der Waals surface area contributed by atoms with E-state index in [2.05, 4.69) is 4.72 Å². The molecular weight excluding hydrogens is 267 g/mol. The van der Waals surface area contributed by atoms with Crippen molar-refractivity contribution in [3.8, 4) is 0 Å². The van der Waals surface area contributed by atoms with Gasteiger partial charge in [0.2, 0.25) is 10.0 Å². The van der Waals surface area contributed by atoms with Crippen molar-refractivity contribution >= 4 is 15.7 Å². The Hall–Kier alpha value is -1.14. The predicted molar refractivity (Wildman–Crippen MR) is 74.8 cm³/mol. The van der Waals surface area contributed by atoms with Crippen molar-refractivity contribution in [2.75, 3.05) is 12.3 Å². The van der Waals surface area contributed by atoms with E-state index in [0.29, 0.717) is 6.54 Å². The molecule has 0 radical (unpaired) electrons. The van der Waals surface area contributed by atoms with Crippen LogP contribution in [0.15, 0.2) is 17.0 Å². The van der Waals surface area contributed by atoms with Crippen LogP contribution in [0.1, 0.15) is 32.3 Å². The number of sulfonamides is 1. The molecule has 3 N–H and O–H groups in total. The molecular formula is C13H21FN2O2S. The van der Waals surface area contributed by atoms with E-state index < -0.39 is 15.8 Å². The lowest BCUT2D eigenvalue weighted by atomic mass is 10.0. The quantitative estimate of drug-likeness (QED) is 0.790. The van der Waals surface area contributed by atoms with E-state index in [1.54, 1.807) is 0 Å². The lowest BCUT2D eigenvalue weighted by Gasteiger charge is -2.14. The highest BCUT2D eigenvalue weighted by molar-refractivity contribution is 7.89. The van der Waals surface area contributed by atoms with Crippen LogP contribution < -0.4 is 10.5 Å². The molecule has 0 atom stereocenters. The molecule has 1 rings (SSSR count). The van der Waals surface area contributed by atoms with Gasteiger partial charge in [0.25, 0.3) is 0 Å². The van der Waals surface area contributed by atoms with Gasteiger partial charge < -0.3 is 5.73 Å². The third-order valence-electron chi connectivity index (χ3n) is 3.39. The number of nitrogens with one attached hydrogen (secondary N) is 1. The normalized spacial score (nSPS) is 12.1. The molecule has 0 aliphatic heterocycles. The van der Waals surface area contributed by atoms with E-state index in [-0.39, 0.29) is 22.1 Å². The molecule has 0 saturated heterocycles. The molecule has 6 heteroatoms. The van der Waals surface area contributed by atoms with Crippen LogP contribution in [0.3, 0.4) is 0 Å². The largest absolute Gasteiger partial charge is 0.398 e. The van der Waals surface area contributed by atoms with Gasteiger partial charge in [-0.15, -0.1) is 0 Å². The van der Waals surface area contributed by atoms with Crippen molar-refractivity contribution in [1.29, 1.82) is 0 Å². The van der Waals surface area contributed by atoms with Gasteiger partial charge in [0.1, 0.15) is 5.82 Å². The second-order valence-corrected chi connectivity index (χ2v) is 6.42. The zero-order valence-corrected chi connectivity index (χ0v) is 12.3.